The summed E-state index contributed by atoms with van der Waals surface area (Å²) < 4.78 is 7.36. The van der Waals surface area contributed by atoms with Gasteiger partial charge in [0.05, 0.1) is 5.71 Å². The van der Waals surface area contributed by atoms with Crippen molar-refractivity contribution in [2.45, 2.75) is 13.8 Å². The Morgan fingerprint density at radius 1 is 1.24 bits per heavy atom. The van der Waals surface area contributed by atoms with E-state index in [1.54, 1.807) is 0 Å². The lowest BCUT2D eigenvalue weighted by atomic mass is 9.77. The van der Waals surface area contributed by atoms with Crippen molar-refractivity contribution in [3.8, 4) is 5.75 Å². The molecule has 1 N–H and O–H groups in total. The summed E-state index contributed by atoms with van der Waals surface area (Å²) in [5.41, 5.74) is 3.52. The van der Waals surface area contributed by atoms with Crippen LogP contribution in [0.2, 0.25) is 0 Å². The number of benzene rings is 1. The monoisotopic (exact) mass is 445 g/mol. The van der Waals surface area contributed by atoms with Crippen molar-refractivity contribution in [3.05, 3.63) is 51.8 Å². The molecule has 0 radical (unpaired) electrons. The van der Waals surface area contributed by atoms with Crippen LogP contribution in [0.15, 0.2) is 56.8 Å². The van der Waals surface area contributed by atoms with Crippen LogP contribution in [0.1, 0.15) is 13.8 Å². The van der Waals surface area contributed by atoms with E-state index in [4.69, 9.17) is 15.1 Å². The van der Waals surface area contributed by atoms with E-state index in [1.807, 2.05) is 12.1 Å². The highest BCUT2D eigenvalue weighted by Crippen LogP contribution is 2.42. The van der Waals surface area contributed by atoms with E-state index in [-0.39, 0.29) is 11.8 Å². The summed E-state index contributed by atoms with van der Waals surface area (Å²) in [4.78, 5) is 7.18. The van der Waals surface area contributed by atoms with Crippen LogP contribution in [0.5, 0.6) is 5.75 Å². The van der Waals surface area contributed by atoms with E-state index >= 15 is 0 Å². The summed E-state index contributed by atoms with van der Waals surface area (Å²) in [6, 6.07) is 6.20. The number of aliphatic imine (C=N–C) groups is 1. The van der Waals surface area contributed by atoms with Crippen molar-refractivity contribution in [3.63, 3.8) is 0 Å². The van der Waals surface area contributed by atoms with E-state index in [0.29, 0.717) is 11.5 Å². The van der Waals surface area contributed by atoms with Gasteiger partial charge in [-0.3, -0.25) is 0 Å². The van der Waals surface area contributed by atoms with Crippen molar-refractivity contribution in [1.29, 1.82) is 5.41 Å². The van der Waals surface area contributed by atoms with Gasteiger partial charge in [0, 0.05) is 52.0 Å². The maximum atomic E-state index is 8.35. The smallest absolute Gasteiger partial charge is 0.155 e. The fourth-order valence-electron chi connectivity index (χ4n) is 3.59. The van der Waals surface area contributed by atoms with Crippen LogP contribution >= 0.6 is 22.6 Å². The average molecular weight is 445 g/mol. The van der Waals surface area contributed by atoms with Crippen LogP contribution in [0.3, 0.4) is 0 Å². The molecule has 0 spiro atoms. The summed E-state index contributed by atoms with van der Waals surface area (Å²) >= 11 is 2.32. The first-order chi connectivity index (χ1) is 12.1. The predicted octanol–water partition coefficient (Wildman–Crippen LogP) is 5.04. The molecule has 5 heteroatoms. The zero-order chi connectivity index (χ0) is 17.6. The number of hydrogen-bond donors (Lipinski definition) is 1. The molecule has 1 aliphatic heterocycles. The number of nitrogens with one attached hydrogen (secondary N) is 1. The molecule has 0 saturated heterocycles. The highest BCUT2D eigenvalue weighted by atomic mass is 127. The second kappa shape index (κ2) is 6.44. The third kappa shape index (κ3) is 2.84. The van der Waals surface area contributed by atoms with Gasteiger partial charge < -0.3 is 15.0 Å². The van der Waals surface area contributed by atoms with Crippen molar-refractivity contribution in [2.24, 2.45) is 16.8 Å². The Kier molecular flexibility index (Phi) is 4.27. The van der Waals surface area contributed by atoms with Gasteiger partial charge in [-0.15, -0.1) is 0 Å². The maximum Gasteiger partial charge on any atom is 0.155 e. The lowest BCUT2D eigenvalue weighted by Gasteiger charge is -2.34. The van der Waals surface area contributed by atoms with E-state index < -0.39 is 0 Å². The summed E-state index contributed by atoms with van der Waals surface area (Å²) in [7, 11) is 0. The molecule has 0 amide bonds. The minimum absolute atomic E-state index is 0.0566. The highest BCUT2D eigenvalue weighted by molar-refractivity contribution is 14.1. The third-order valence-electron chi connectivity index (χ3n) is 4.94. The Hall–Kier alpha value is -1.89. The Morgan fingerprint density at radius 2 is 2.04 bits per heavy atom. The average Bonchev–Trinajstić information content (AvgIpc) is 2.61. The van der Waals surface area contributed by atoms with Crippen LogP contribution in [0, 0.1) is 17.2 Å². The van der Waals surface area contributed by atoms with Crippen molar-refractivity contribution < 1.29 is 4.74 Å². The van der Waals surface area contributed by atoms with Crippen LogP contribution in [-0.4, -0.2) is 24.5 Å². The van der Waals surface area contributed by atoms with E-state index in [1.165, 1.54) is 3.58 Å². The quantitative estimate of drug-likeness (QED) is 0.664. The molecule has 1 heterocycles. The molecule has 0 bridgehead atoms. The number of anilines is 1. The standard InChI is InChI=1S/C20H20IN3O/c1-3-24(4-2)13-6-8-17-18(10-13)25-19-11-16(22)14-7-5-12(21)9-15(14)20(19)23-17/h5-11,14-15,22H,3-4H2,1-2H3. The Bertz CT molecular complexity index is 862. The maximum absolute atomic E-state index is 8.35. The molecule has 4 nitrogen and oxygen atoms in total. The summed E-state index contributed by atoms with van der Waals surface area (Å²) in [5, 5.41) is 8.35. The van der Waals surface area contributed by atoms with Gasteiger partial charge in [-0.25, -0.2) is 4.99 Å². The van der Waals surface area contributed by atoms with E-state index in [0.717, 1.165) is 35.9 Å². The number of rotatable bonds is 3. The van der Waals surface area contributed by atoms with Gasteiger partial charge in [0.15, 0.2) is 11.5 Å². The first-order valence-electron chi connectivity index (χ1n) is 8.62. The van der Waals surface area contributed by atoms with Gasteiger partial charge in [-0.2, -0.15) is 0 Å². The molecule has 1 aromatic rings. The molecule has 2 atom stereocenters. The van der Waals surface area contributed by atoms with Gasteiger partial charge >= 0.3 is 0 Å². The third-order valence-corrected chi connectivity index (χ3v) is 5.65. The summed E-state index contributed by atoms with van der Waals surface area (Å²) in [5.74, 6) is 1.63. The molecule has 0 saturated carbocycles. The largest absolute Gasteiger partial charge is 0.453 e. The summed E-state index contributed by atoms with van der Waals surface area (Å²) in [6.45, 7) is 6.21. The molecule has 128 valence electrons. The first kappa shape index (κ1) is 16.6. The second-order valence-electron chi connectivity index (χ2n) is 6.35. The predicted molar refractivity (Wildman–Crippen MR) is 112 cm³/mol. The van der Waals surface area contributed by atoms with Gasteiger partial charge in [0.1, 0.15) is 5.69 Å². The minimum Gasteiger partial charge on any atom is -0.453 e. The van der Waals surface area contributed by atoms with Crippen LogP contribution in [-0.2, 0) is 0 Å². The number of fused-ring (bicyclic) bond motifs is 4. The molecule has 2 unspecified atom stereocenters. The van der Waals surface area contributed by atoms with Crippen LogP contribution in [0.4, 0.5) is 11.4 Å². The normalized spacial score (nSPS) is 23.5. The molecule has 1 aromatic carbocycles. The number of hydrogen-bond acceptors (Lipinski definition) is 4. The zero-order valence-corrected chi connectivity index (χ0v) is 16.4. The molecule has 2 aliphatic carbocycles. The SMILES string of the molecule is CCN(CC)c1ccc2c(c1)OC1=CC(=N)C3C=CC(I)=CC3C1=N2. The van der Waals surface area contributed by atoms with Crippen LogP contribution < -0.4 is 9.64 Å². The second-order valence-corrected chi connectivity index (χ2v) is 7.60. The van der Waals surface area contributed by atoms with Gasteiger partial charge in [-0.1, -0.05) is 18.2 Å². The Morgan fingerprint density at radius 3 is 2.80 bits per heavy atom. The van der Waals surface area contributed by atoms with E-state index in [2.05, 4.69) is 71.7 Å². The van der Waals surface area contributed by atoms with Crippen LogP contribution in [0.25, 0.3) is 0 Å². The molecular formula is C20H20IN3O. The fraction of sp³-hybridized carbons (Fsp3) is 0.300. The van der Waals surface area contributed by atoms with Crippen molar-refractivity contribution in [1.82, 2.24) is 0 Å². The highest BCUT2D eigenvalue weighted by Gasteiger charge is 2.37. The van der Waals surface area contributed by atoms with Crippen molar-refractivity contribution >= 4 is 45.4 Å². The number of ether oxygens (including phenoxy) is 1. The topological polar surface area (TPSA) is 48.7 Å². The van der Waals surface area contributed by atoms with Crippen molar-refractivity contribution in [2.75, 3.05) is 18.0 Å². The van der Waals surface area contributed by atoms with Gasteiger partial charge in [0.25, 0.3) is 0 Å². The minimum atomic E-state index is 0.0566. The Balaban J connectivity index is 1.77. The summed E-state index contributed by atoms with van der Waals surface area (Å²) in [6.07, 6.45) is 8.18. The van der Waals surface area contributed by atoms with E-state index in [9.17, 15) is 0 Å². The zero-order valence-electron chi connectivity index (χ0n) is 14.3. The molecule has 25 heavy (non-hydrogen) atoms. The lowest BCUT2D eigenvalue weighted by molar-refractivity contribution is 0.439. The fourth-order valence-corrected chi connectivity index (χ4v) is 4.18. The molecule has 3 aliphatic rings. The lowest BCUT2D eigenvalue weighted by Crippen LogP contribution is -2.36. The molecule has 0 fully saturated rings. The van der Waals surface area contributed by atoms with Gasteiger partial charge in [0.2, 0.25) is 0 Å². The first-order valence-corrected chi connectivity index (χ1v) is 9.70. The molecule has 4 rings (SSSR count). The number of allylic oxidation sites excluding steroid dienone is 6. The number of halogens is 1. The molecule has 0 aromatic heterocycles. The number of nitrogens with zero attached hydrogens (tertiary/aromatic N) is 2. The Labute approximate surface area is 161 Å². The molecular weight excluding hydrogens is 425 g/mol. The van der Waals surface area contributed by atoms with Gasteiger partial charge in [-0.05, 0) is 48.6 Å².